The number of rotatable bonds is 4. The fraction of sp³-hybridized carbons (Fsp3) is 0.214. The third-order valence-corrected chi connectivity index (χ3v) is 3.97. The van der Waals surface area contributed by atoms with Gasteiger partial charge in [-0.25, -0.2) is 13.7 Å². The second-order valence-corrected chi connectivity index (χ2v) is 5.34. The number of nitrogens with zero attached hydrogens (tertiary/aromatic N) is 3. The molecule has 0 aliphatic rings. The maximum absolute atomic E-state index is 13.8. The summed E-state index contributed by atoms with van der Waals surface area (Å²) in [5.41, 5.74) is 1.27. The van der Waals surface area contributed by atoms with Crippen molar-refractivity contribution in [3.05, 3.63) is 41.2 Å². The number of benzene rings is 1. The van der Waals surface area contributed by atoms with Crippen LogP contribution in [0.15, 0.2) is 29.6 Å². The average Bonchev–Trinajstić information content (AvgIpc) is 3.09. The van der Waals surface area contributed by atoms with Crippen LogP contribution < -0.4 is 5.32 Å². The van der Waals surface area contributed by atoms with E-state index < -0.39 is 6.09 Å². The third-order valence-electron chi connectivity index (χ3n) is 3.10. The molecule has 0 radical (unpaired) electrons. The van der Waals surface area contributed by atoms with Gasteiger partial charge in [0.2, 0.25) is 4.96 Å². The molecule has 2 aromatic heterocycles. The number of nitrogens with one attached hydrogen (secondary N) is 1. The highest BCUT2D eigenvalue weighted by Crippen LogP contribution is 2.22. The van der Waals surface area contributed by atoms with Gasteiger partial charge in [0.05, 0.1) is 18.4 Å². The zero-order valence-corrected chi connectivity index (χ0v) is 12.6. The molecule has 3 aromatic rings. The number of aromatic nitrogens is 3. The lowest BCUT2D eigenvalue weighted by Crippen LogP contribution is -2.25. The molecule has 1 aromatic carbocycles. The Kier molecular flexibility index (Phi) is 4.01. The monoisotopic (exact) mass is 320 g/mol. The van der Waals surface area contributed by atoms with Gasteiger partial charge in [-0.15, -0.1) is 16.4 Å². The van der Waals surface area contributed by atoms with E-state index in [0.29, 0.717) is 29.3 Å². The summed E-state index contributed by atoms with van der Waals surface area (Å²) in [4.78, 5) is 16.1. The van der Waals surface area contributed by atoms with Gasteiger partial charge in [-0.05, 0) is 12.1 Å². The Morgan fingerprint density at radius 2 is 2.27 bits per heavy atom. The minimum atomic E-state index is -0.475. The van der Waals surface area contributed by atoms with Gasteiger partial charge in [-0.1, -0.05) is 12.1 Å². The first-order valence-corrected chi connectivity index (χ1v) is 7.47. The summed E-state index contributed by atoms with van der Waals surface area (Å²) in [6.45, 7) is 0.424. The van der Waals surface area contributed by atoms with Gasteiger partial charge in [-0.3, -0.25) is 0 Å². The molecule has 2 heterocycles. The van der Waals surface area contributed by atoms with E-state index in [1.54, 1.807) is 22.7 Å². The van der Waals surface area contributed by atoms with Crippen LogP contribution in [0, 0.1) is 5.82 Å². The second-order valence-electron chi connectivity index (χ2n) is 4.51. The number of carbonyl (C=O) groups excluding carboxylic acids is 1. The summed E-state index contributed by atoms with van der Waals surface area (Å²) < 4.78 is 20.0. The van der Waals surface area contributed by atoms with Crippen LogP contribution in [-0.4, -0.2) is 34.3 Å². The predicted molar refractivity (Wildman–Crippen MR) is 80.4 cm³/mol. The molecule has 1 N–H and O–H groups in total. The highest BCUT2D eigenvalue weighted by atomic mass is 32.1. The molecule has 0 fully saturated rings. The van der Waals surface area contributed by atoms with E-state index in [-0.39, 0.29) is 5.82 Å². The van der Waals surface area contributed by atoms with Crippen molar-refractivity contribution < 1.29 is 13.9 Å². The van der Waals surface area contributed by atoms with Crippen LogP contribution in [0.2, 0.25) is 0 Å². The van der Waals surface area contributed by atoms with E-state index in [1.165, 1.54) is 24.5 Å². The number of thiazole rings is 1. The number of fused-ring (bicyclic) bond motifs is 1. The van der Waals surface area contributed by atoms with Crippen molar-refractivity contribution in [3.63, 3.8) is 0 Å². The maximum atomic E-state index is 13.8. The fourth-order valence-electron chi connectivity index (χ4n) is 2.02. The average molecular weight is 320 g/mol. The van der Waals surface area contributed by atoms with Crippen molar-refractivity contribution in [2.24, 2.45) is 0 Å². The molecule has 3 rings (SSSR count). The topological polar surface area (TPSA) is 68.5 Å². The van der Waals surface area contributed by atoms with E-state index >= 15 is 0 Å². The normalized spacial score (nSPS) is 10.8. The lowest BCUT2D eigenvalue weighted by molar-refractivity contribution is 0.171. The lowest BCUT2D eigenvalue weighted by Gasteiger charge is -2.02. The highest BCUT2D eigenvalue weighted by Gasteiger charge is 2.14. The Morgan fingerprint density at radius 3 is 3.05 bits per heavy atom. The van der Waals surface area contributed by atoms with Crippen molar-refractivity contribution >= 4 is 22.4 Å². The van der Waals surface area contributed by atoms with Gasteiger partial charge in [0, 0.05) is 18.3 Å². The van der Waals surface area contributed by atoms with Gasteiger partial charge in [0.1, 0.15) is 5.82 Å². The largest absolute Gasteiger partial charge is 0.453 e. The number of methoxy groups -OCH3 is 1. The molecule has 0 atom stereocenters. The molecule has 0 saturated carbocycles. The van der Waals surface area contributed by atoms with Gasteiger partial charge in [0.15, 0.2) is 5.82 Å². The van der Waals surface area contributed by atoms with E-state index in [1.807, 2.05) is 5.38 Å². The lowest BCUT2D eigenvalue weighted by atomic mass is 10.2. The van der Waals surface area contributed by atoms with Crippen molar-refractivity contribution in [3.8, 4) is 11.4 Å². The summed E-state index contributed by atoms with van der Waals surface area (Å²) in [6.07, 6.45) is 0.104. The Hall–Kier alpha value is -2.48. The molecule has 0 saturated heterocycles. The SMILES string of the molecule is COC(=O)NCCc1csc2nc(-c3ccccc3F)nn12. The van der Waals surface area contributed by atoms with Crippen molar-refractivity contribution in [1.29, 1.82) is 0 Å². The van der Waals surface area contributed by atoms with Crippen LogP contribution in [0.3, 0.4) is 0 Å². The minimum Gasteiger partial charge on any atom is -0.453 e. The first-order chi connectivity index (χ1) is 10.7. The molecular weight excluding hydrogens is 307 g/mol. The van der Waals surface area contributed by atoms with Crippen LogP contribution in [0.25, 0.3) is 16.3 Å². The van der Waals surface area contributed by atoms with Gasteiger partial charge in [-0.2, -0.15) is 4.98 Å². The summed E-state index contributed by atoms with van der Waals surface area (Å²) >= 11 is 1.42. The summed E-state index contributed by atoms with van der Waals surface area (Å²) in [5, 5.41) is 8.87. The van der Waals surface area contributed by atoms with Crippen molar-refractivity contribution in [2.45, 2.75) is 6.42 Å². The number of amides is 1. The van der Waals surface area contributed by atoms with E-state index in [4.69, 9.17) is 0 Å². The van der Waals surface area contributed by atoms with E-state index in [9.17, 15) is 9.18 Å². The molecule has 0 bridgehead atoms. The van der Waals surface area contributed by atoms with Crippen LogP contribution >= 0.6 is 11.3 Å². The zero-order valence-electron chi connectivity index (χ0n) is 11.7. The van der Waals surface area contributed by atoms with E-state index in [2.05, 4.69) is 20.1 Å². The maximum Gasteiger partial charge on any atom is 0.406 e. The molecule has 0 aliphatic carbocycles. The minimum absolute atomic E-state index is 0.352. The highest BCUT2D eigenvalue weighted by molar-refractivity contribution is 7.15. The molecule has 0 unspecified atom stereocenters. The third kappa shape index (κ3) is 2.77. The van der Waals surface area contributed by atoms with Crippen molar-refractivity contribution in [1.82, 2.24) is 19.9 Å². The standard InChI is InChI=1S/C14H13FN4O2S/c1-21-14(20)16-7-6-9-8-22-13-17-12(18-19(9)13)10-4-2-3-5-11(10)15/h2-5,8H,6-7H2,1H3,(H,16,20). The molecule has 1 amide bonds. The molecule has 8 heteroatoms. The number of hydrogen-bond donors (Lipinski definition) is 1. The molecule has 6 nitrogen and oxygen atoms in total. The van der Waals surface area contributed by atoms with Gasteiger partial charge >= 0.3 is 6.09 Å². The zero-order chi connectivity index (χ0) is 15.5. The van der Waals surface area contributed by atoms with Gasteiger partial charge in [0.25, 0.3) is 0 Å². The quantitative estimate of drug-likeness (QED) is 0.802. The number of hydrogen-bond acceptors (Lipinski definition) is 5. The Labute approximate surface area is 129 Å². The number of ether oxygens (including phenoxy) is 1. The van der Waals surface area contributed by atoms with Crippen LogP contribution in [-0.2, 0) is 11.2 Å². The Bertz CT molecular complexity index is 814. The second kappa shape index (κ2) is 6.10. The molecular formula is C14H13FN4O2S. The molecule has 0 spiro atoms. The van der Waals surface area contributed by atoms with Crippen LogP contribution in [0.5, 0.6) is 0 Å². The summed E-state index contributed by atoms with van der Waals surface area (Å²) in [7, 11) is 1.32. The number of halogens is 1. The predicted octanol–water partition coefficient (Wildman–Crippen LogP) is 2.50. The molecule has 22 heavy (non-hydrogen) atoms. The molecule has 0 aliphatic heterocycles. The van der Waals surface area contributed by atoms with Crippen LogP contribution in [0.4, 0.5) is 9.18 Å². The summed E-state index contributed by atoms with van der Waals surface area (Å²) in [6, 6.07) is 6.40. The van der Waals surface area contributed by atoms with Crippen LogP contribution in [0.1, 0.15) is 5.69 Å². The summed E-state index contributed by atoms with van der Waals surface area (Å²) in [5.74, 6) is 0.00166. The number of alkyl carbamates (subject to hydrolysis) is 1. The first kappa shape index (κ1) is 14.5. The Balaban J connectivity index is 1.83. The number of carbonyl (C=O) groups is 1. The van der Waals surface area contributed by atoms with Crippen molar-refractivity contribution in [2.75, 3.05) is 13.7 Å². The van der Waals surface area contributed by atoms with E-state index in [0.717, 1.165) is 5.69 Å². The Morgan fingerprint density at radius 1 is 1.45 bits per heavy atom. The fourth-order valence-corrected chi connectivity index (χ4v) is 2.87. The molecule has 114 valence electrons. The first-order valence-electron chi connectivity index (χ1n) is 6.59. The smallest absolute Gasteiger partial charge is 0.406 e. The van der Waals surface area contributed by atoms with Gasteiger partial charge < -0.3 is 10.1 Å².